The van der Waals surface area contributed by atoms with Crippen molar-refractivity contribution < 1.29 is 9.47 Å². The van der Waals surface area contributed by atoms with Crippen molar-refractivity contribution in [2.45, 2.75) is 12.8 Å². The standard InChI is InChI=1S/C12H14Br2I2O2/c13-3-1-5-17-10-7-9(15)8-11(12(10)16)18-6-2-4-14/h7-8H,1-6H2. The van der Waals surface area contributed by atoms with Gasteiger partial charge in [-0.15, -0.1) is 0 Å². The number of halogens is 4. The van der Waals surface area contributed by atoms with E-state index in [1.807, 2.05) is 12.1 Å². The second-order valence-electron chi connectivity index (χ2n) is 3.50. The second-order valence-corrected chi connectivity index (χ2v) is 7.41. The zero-order valence-corrected chi connectivity index (χ0v) is 17.2. The molecule has 0 atom stereocenters. The van der Waals surface area contributed by atoms with Crippen LogP contribution in [0.2, 0.25) is 0 Å². The fourth-order valence-electron chi connectivity index (χ4n) is 1.22. The van der Waals surface area contributed by atoms with Crippen molar-refractivity contribution in [2.75, 3.05) is 23.9 Å². The summed E-state index contributed by atoms with van der Waals surface area (Å²) in [4.78, 5) is 0. The molecule has 0 heterocycles. The molecule has 0 spiro atoms. The lowest BCUT2D eigenvalue weighted by atomic mass is 10.3. The van der Waals surface area contributed by atoms with Gasteiger partial charge in [-0.1, -0.05) is 31.9 Å². The highest BCUT2D eigenvalue weighted by molar-refractivity contribution is 14.1. The Morgan fingerprint density at radius 2 is 1.33 bits per heavy atom. The molecular weight excluding hydrogens is 590 g/mol. The van der Waals surface area contributed by atoms with Gasteiger partial charge in [-0.05, 0) is 70.2 Å². The summed E-state index contributed by atoms with van der Waals surface area (Å²) in [5.41, 5.74) is 0. The molecule has 0 aliphatic rings. The van der Waals surface area contributed by atoms with Crippen molar-refractivity contribution in [3.05, 3.63) is 19.3 Å². The SMILES string of the molecule is BrCCCOc1cc(I)cc(OCCCBr)c1I. The van der Waals surface area contributed by atoms with Gasteiger partial charge in [0.15, 0.2) is 0 Å². The third kappa shape index (κ3) is 6.13. The second kappa shape index (κ2) is 10.0. The first kappa shape index (κ1) is 17.3. The lowest BCUT2D eigenvalue weighted by Crippen LogP contribution is -2.03. The summed E-state index contributed by atoms with van der Waals surface area (Å²) in [6.45, 7) is 1.45. The van der Waals surface area contributed by atoms with E-state index in [0.717, 1.165) is 55.4 Å². The van der Waals surface area contributed by atoms with Crippen molar-refractivity contribution >= 4 is 77.0 Å². The highest BCUT2D eigenvalue weighted by Gasteiger charge is 2.10. The highest BCUT2D eigenvalue weighted by atomic mass is 127. The molecule has 0 aliphatic heterocycles. The molecule has 0 aromatic heterocycles. The summed E-state index contributed by atoms with van der Waals surface area (Å²) in [6, 6.07) is 4.10. The Labute approximate surface area is 152 Å². The van der Waals surface area contributed by atoms with Crippen LogP contribution in [0.15, 0.2) is 12.1 Å². The van der Waals surface area contributed by atoms with E-state index >= 15 is 0 Å². The first-order chi connectivity index (χ1) is 8.69. The molecule has 0 N–H and O–H groups in total. The number of hydrogen-bond acceptors (Lipinski definition) is 2. The fraction of sp³-hybridized carbons (Fsp3) is 0.500. The van der Waals surface area contributed by atoms with Crippen LogP contribution in [0.4, 0.5) is 0 Å². The Morgan fingerprint density at radius 1 is 0.889 bits per heavy atom. The Hall–Kier alpha value is 1.24. The van der Waals surface area contributed by atoms with Crippen LogP contribution in [0.25, 0.3) is 0 Å². The molecule has 1 aromatic rings. The molecule has 18 heavy (non-hydrogen) atoms. The van der Waals surface area contributed by atoms with E-state index in [9.17, 15) is 0 Å². The van der Waals surface area contributed by atoms with Crippen molar-refractivity contribution in [2.24, 2.45) is 0 Å². The molecule has 0 fully saturated rings. The first-order valence-electron chi connectivity index (χ1n) is 5.55. The van der Waals surface area contributed by atoms with Crippen molar-refractivity contribution in [3.63, 3.8) is 0 Å². The molecule has 0 amide bonds. The lowest BCUT2D eigenvalue weighted by molar-refractivity contribution is 0.298. The Kier molecular flexibility index (Phi) is 9.64. The minimum Gasteiger partial charge on any atom is -0.492 e. The summed E-state index contributed by atoms with van der Waals surface area (Å²) in [5, 5.41) is 1.92. The van der Waals surface area contributed by atoms with Crippen molar-refractivity contribution in [1.82, 2.24) is 0 Å². The minimum absolute atomic E-state index is 0.724. The smallest absolute Gasteiger partial charge is 0.137 e. The summed E-state index contributed by atoms with van der Waals surface area (Å²) >= 11 is 11.4. The predicted octanol–water partition coefficient (Wildman–Crippen LogP) is 5.22. The quantitative estimate of drug-likeness (QED) is 0.231. The van der Waals surface area contributed by atoms with Crippen LogP contribution in [0.1, 0.15) is 12.8 Å². The number of alkyl halides is 2. The van der Waals surface area contributed by atoms with Crippen LogP contribution >= 0.6 is 77.0 Å². The average molecular weight is 604 g/mol. The van der Waals surface area contributed by atoms with Gasteiger partial charge in [0, 0.05) is 14.2 Å². The summed E-state index contributed by atoms with van der Waals surface area (Å²) in [5.74, 6) is 1.83. The van der Waals surface area contributed by atoms with Gasteiger partial charge < -0.3 is 9.47 Å². The molecule has 0 aliphatic carbocycles. The van der Waals surface area contributed by atoms with E-state index in [1.54, 1.807) is 0 Å². The molecule has 6 heteroatoms. The van der Waals surface area contributed by atoms with Gasteiger partial charge in [-0.25, -0.2) is 0 Å². The molecule has 0 saturated carbocycles. The molecule has 0 bridgehead atoms. The minimum atomic E-state index is 0.724. The summed E-state index contributed by atoms with van der Waals surface area (Å²) < 4.78 is 13.7. The maximum atomic E-state index is 5.77. The topological polar surface area (TPSA) is 18.5 Å². The van der Waals surface area contributed by atoms with Crippen LogP contribution in [-0.4, -0.2) is 23.9 Å². The summed E-state index contributed by atoms with van der Waals surface area (Å²) in [7, 11) is 0. The van der Waals surface area contributed by atoms with Crippen molar-refractivity contribution in [1.29, 1.82) is 0 Å². The third-order valence-electron chi connectivity index (χ3n) is 2.04. The molecule has 0 radical (unpaired) electrons. The molecule has 0 unspecified atom stereocenters. The Bertz CT molecular complexity index is 344. The molecule has 1 aromatic carbocycles. The molecule has 1 rings (SSSR count). The zero-order chi connectivity index (χ0) is 13.4. The van der Waals surface area contributed by atoms with Gasteiger partial charge in [0.05, 0.1) is 16.8 Å². The molecule has 102 valence electrons. The van der Waals surface area contributed by atoms with Crippen LogP contribution in [0.5, 0.6) is 11.5 Å². The van der Waals surface area contributed by atoms with Crippen LogP contribution in [0.3, 0.4) is 0 Å². The first-order valence-corrected chi connectivity index (χ1v) is 9.95. The van der Waals surface area contributed by atoms with E-state index in [4.69, 9.17) is 9.47 Å². The van der Waals surface area contributed by atoms with Gasteiger partial charge in [0.25, 0.3) is 0 Å². The van der Waals surface area contributed by atoms with Gasteiger partial charge in [0.1, 0.15) is 11.5 Å². The maximum absolute atomic E-state index is 5.77. The predicted molar refractivity (Wildman–Crippen MR) is 99.7 cm³/mol. The monoisotopic (exact) mass is 602 g/mol. The number of ether oxygens (including phenoxy) is 2. The van der Waals surface area contributed by atoms with Crippen molar-refractivity contribution in [3.8, 4) is 11.5 Å². The van der Waals surface area contributed by atoms with E-state index in [2.05, 4.69) is 77.0 Å². The largest absolute Gasteiger partial charge is 0.492 e. The van der Waals surface area contributed by atoms with E-state index in [-0.39, 0.29) is 0 Å². The molecule has 2 nitrogen and oxygen atoms in total. The van der Waals surface area contributed by atoms with Gasteiger partial charge in [0.2, 0.25) is 0 Å². The number of benzene rings is 1. The van der Waals surface area contributed by atoms with E-state index in [1.165, 1.54) is 0 Å². The Morgan fingerprint density at radius 3 is 1.72 bits per heavy atom. The van der Waals surface area contributed by atoms with Crippen LogP contribution in [-0.2, 0) is 0 Å². The van der Waals surface area contributed by atoms with Gasteiger partial charge in [-0.3, -0.25) is 0 Å². The summed E-state index contributed by atoms with van der Waals surface area (Å²) in [6.07, 6.45) is 2.00. The van der Waals surface area contributed by atoms with Crippen LogP contribution < -0.4 is 9.47 Å². The number of rotatable bonds is 8. The average Bonchev–Trinajstić information content (AvgIpc) is 2.35. The van der Waals surface area contributed by atoms with Gasteiger partial charge >= 0.3 is 0 Å². The zero-order valence-electron chi connectivity index (χ0n) is 9.73. The Balaban J connectivity index is 2.71. The fourth-order valence-corrected chi connectivity index (χ4v) is 2.87. The maximum Gasteiger partial charge on any atom is 0.137 e. The lowest BCUT2D eigenvalue weighted by Gasteiger charge is -2.13. The normalized spacial score (nSPS) is 10.4. The van der Waals surface area contributed by atoms with Crippen LogP contribution in [0, 0.1) is 7.14 Å². The van der Waals surface area contributed by atoms with Gasteiger partial charge in [-0.2, -0.15) is 0 Å². The number of hydrogen-bond donors (Lipinski definition) is 0. The molecular formula is C12H14Br2I2O2. The van der Waals surface area contributed by atoms with E-state index in [0.29, 0.717) is 0 Å². The van der Waals surface area contributed by atoms with E-state index < -0.39 is 0 Å². The molecule has 0 saturated heterocycles. The highest BCUT2D eigenvalue weighted by Crippen LogP contribution is 2.33. The third-order valence-corrected chi connectivity index (χ3v) is 4.85.